The van der Waals surface area contributed by atoms with E-state index in [1.54, 1.807) is 14.0 Å². The molecule has 1 aliphatic rings. The average molecular weight is 296 g/mol. The summed E-state index contributed by atoms with van der Waals surface area (Å²) in [6.45, 7) is 5.64. The quantitative estimate of drug-likeness (QED) is 0.420. The SMILES string of the molecule is COC1CC(Nc2nc(NN)nc(C)c2[N+](=O)[O-])C1(C)C. The van der Waals surface area contributed by atoms with Crippen molar-refractivity contribution in [1.29, 1.82) is 0 Å². The second-order valence-electron chi connectivity index (χ2n) is 5.71. The van der Waals surface area contributed by atoms with Gasteiger partial charge in [0.1, 0.15) is 5.69 Å². The van der Waals surface area contributed by atoms with E-state index < -0.39 is 4.92 Å². The molecule has 0 bridgehead atoms. The van der Waals surface area contributed by atoms with Crippen LogP contribution < -0.4 is 16.6 Å². The molecule has 1 aromatic heterocycles. The number of nitrogens with two attached hydrogens (primary N) is 1. The molecule has 116 valence electrons. The average Bonchev–Trinajstić information content (AvgIpc) is 2.41. The number of aryl methyl sites for hydroxylation is 1. The predicted molar refractivity (Wildman–Crippen MR) is 77.8 cm³/mol. The van der Waals surface area contributed by atoms with E-state index in [1.807, 2.05) is 13.8 Å². The number of rotatable bonds is 5. The first-order chi connectivity index (χ1) is 9.81. The number of nitrogens with zero attached hydrogens (tertiary/aromatic N) is 3. The fourth-order valence-electron chi connectivity index (χ4n) is 2.65. The van der Waals surface area contributed by atoms with Crippen LogP contribution in [0.4, 0.5) is 17.5 Å². The fourth-order valence-corrected chi connectivity index (χ4v) is 2.65. The van der Waals surface area contributed by atoms with E-state index in [1.165, 1.54) is 0 Å². The van der Waals surface area contributed by atoms with Crippen molar-refractivity contribution >= 4 is 17.5 Å². The molecule has 21 heavy (non-hydrogen) atoms. The summed E-state index contributed by atoms with van der Waals surface area (Å²) in [4.78, 5) is 18.7. The van der Waals surface area contributed by atoms with Crippen LogP contribution in [0, 0.1) is 22.5 Å². The van der Waals surface area contributed by atoms with Crippen molar-refractivity contribution in [2.24, 2.45) is 11.3 Å². The molecule has 0 radical (unpaired) electrons. The molecule has 2 rings (SSSR count). The van der Waals surface area contributed by atoms with E-state index in [4.69, 9.17) is 10.6 Å². The molecule has 2 unspecified atom stereocenters. The largest absolute Gasteiger partial charge is 0.381 e. The first-order valence-electron chi connectivity index (χ1n) is 6.60. The Morgan fingerprint density at radius 2 is 2.14 bits per heavy atom. The first-order valence-corrected chi connectivity index (χ1v) is 6.60. The first kappa shape index (κ1) is 15.4. The van der Waals surface area contributed by atoms with E-state index in [9.17, 15) is 10.1 Å². The monoisotopic (exact) mass is 296 g/mol. The standard InChI is InChI=1S/C12H20N6O3/c1-6-9(18(19)20)10(16-11(14-6)17-13)15-7-5-8(21-4)12(7,2)3/h7-8H,5,13H2,1-4H3,(H2,14,15,16,17). The molecule has 0 aliphatic heterocycles. The summed E-state index contributed by atoms with van der Waals surface area (Å²) in [5, 5.41) is 14.4. The van der Waals surface area contributed by atoms with Crippen LogP contribution in [0.2, 0.25) is 0 Å². The van der Waals surface area contributed by atoms with Crippen LogP contribution in [0.1, 0.15) is 26.0 Å². The molecule has 0 amide bonds. The molecule has 1 aromatic rings. The number of methoxy groups -OCH3 is 1. The maximum Gasteiger partial charge on any atom is 0.332 e. The molecular formula is C12H20N6O3. The van der Waals surface area contributed by atoms with Gasteiger partial charge in [-0.25, -0.2) is 10.8 Å². The van der Waals surface area contributed by atoms with E-state index >= 15 is 0 Å². The van der Waals surface area contributed by atoms with Crippen molar-refractivity contribution in [3.8, 4) is 0 Å². The maximum atomic E-state index is 11.2. The van der Waals surface area contributed by atoms with Crippen molar-refractivity contribution in [3.05, 3.63) is 15.8 Å². The van der Waals surface area contributed by atoms with E-state index in [2.05, 4.69) is 20.7 Å². The van der Waals surface area contributed by atoms with Crippen LogP contribution >= 0.6 is 0 Å². The maximum absolute atomic E-state index is 11.2. The van der Waals surface area contributed by atoms with Gasteiger partial charge in [-0.05, 0) is 13.3 Å². The lowest BCUT2D eigenvalue weighted by Gasteiger charge is -2.51. The number of hydrazine groups is 1. The highest BCUT2D eigenvalue weighted by molar-refractivity contribution is 5.61. The Morgan fingerprint density at radius 1 is 1.48 bits per heavy atom. The van der Waals surface area contributed by atoms with Crippen molar-refractivity contribution in [3.63, 3.8) is 0 Å². The molecule has 9 nitrogen and oxygen atoms in total. The number of ether oxygens (including phenoxy) is 1. The summed E-state index contributed by atoms with van der Waals surface area (Å²) in [6, 6.07) is 0.0288. The third kappa shape index (κ3) is 2.61. The lowest BCUT2D eigenvalue weighted by molar-refractivity contribution is -0.385. The van der Waals surface area contributed by atoms with Gasteiger partial charge in [0, 0.05) is 18.6 Å². The molecule has 1 saturated carbocycles. The lowest BCUT2D eigenvalue weighted by atomic mass is 9.64. The number of aromatic nitrogens is 2. The normalized spacial score (nSPS) is 23.3. The second kappa shape index (κ2) is 5.41. The number of hydrogen-bond acceptors (Lipinski definition) is 8. The highest BCUT2D eigenvalue weighted by Crippen LogP contribution is 2.44. The number of nitrogens with one attached hydrogen (secondary N) is 2. The summed E-state index contributed by atoms with van der Waals surface area (Å²) in [5.41, 5.74) is 2.30. The predicted octanol–water partition coefficient (Wildman–Crippen LogP) is 1.20. The minimum absolute atomic E-state index is 0.0288. The molecular weight excluding hydrogens is 276 g/mol. The van der Waals surface area contributed by atoms with Gasteiger partial charge in [-0.2, -0.15) is 4.98 Å². The second-order valence-corrected chi connectivity index (χ2v) is 5.71. The van der Waals surface area contributed by atoms with Gasteiger partial charge < -0.3 is 10.1 Å². The van der Waals surface area contributed by atoms with Gasteiger partial charge in [-0.15, -0.1) is 0 Å². The van der Waals surface area contributed by atoms with Gasteiger partial charge in [0.2, 0.25) is 11.8 Å². The van der Waals surface area contributed by atoms with Gasteiger partial charge in [0.25, 0.3) is 0 Å². The minimum Gasteiger partial charge on any atom is -0.381 e. The molecule has 0 saturated heterocycles. The van der Waals surface area contributed by atoms with Gasteiger partial charge in [0.15, 0.2) is 0 Å². The summed E-state index contributed by atoms with van der Waals surface area (Å²) >= 11 is 0. The number of hydrogen-bond donors (Lipinski definition) is 3. The summed E-state index contributed by atoms with van der Waals surface area (Å²) in [5.74, 6) is 5.61. The van der Waals surface area contributed by atoms with Gasteiger partial charge in [-0.1, -0.05) is 13.8 Å². The number of nitrogen functional groups attached to an aromatic ring is 1. The Hall–Kier alpha value is -2.00. The fraction of sp³-hybridized carbons (Fsp3) is 0.667. The Kier molecular flexibility index (Phi) is 3.97. The highest BCUT2D eigenvalue weighted by Gasteiger charge is 2.49. The molecule has 0 aromatic carbocycles. The summed E-state index contributed by atoms with van der Waals surface area (Å²) in [7, 11) is 1.66. The molecule has 1 aliphatic carbocycles. The van der Waals surface area contributed by atoms with E-state index in [0.717, 1.165) is 6.42 Å². The molecule has 4 N–H and O–H groups in total. The van der Waals surface area contributed by atoms with Crippen LogP contribution in [-0.2, 0) is 4.74 Å². The number of nitro groups is 1. The van der Waals surface area contributed by atoms with Crippen LogP contribution in [0.15, 0.2) is 0 Å². The molecule has 0 spiro atoms. The Labute approximate surface area is 122 Å². The zero-order chi connectivity index (χ0) is 15.8. The van der Waals surface area contributed by atoms with Crippen LogP contribution in [0.5, 0.6) is 0 Å². The Balaban J connectivity index is 2.31. The van der Waals surface area contributed by atoms with Crippen molar-refractivity contribution in [2.45, 2.75) is 39.3 Å². The lowest BCUT2D eigenvalue weighted by Crippen LogP contribution is -2.57. The number of anilines is 2. The van der Waals surface area contributed by atoms with Crippen LogP contribution in [-0.4, -0.2) is 34.1 Å². The smallest absolute Gasteiger partial charge is 0.332 e. The summed E-state index contributed by atoms with van der Waals surface area (Å²) in [6.07, 6.45) is 0.874. The van der Waals surface area contributed by atoms with Gasteiger partial charge in [-0.3, -0.25) is 15.5 Å². The topological polar surface area (TPSA) is 128 Å². The third-order valence-corrected chi connectivity index (χ3v) is 4.14. The van der Waals surface area contributed by atoms with E-state index in [0.29, 0.717) is 0 Å². The Morgan fingerprint density at radius 3 is 2.62 bits per heavy atom. The molecule has 1 heterocycles. The highest BCUT2D eigenvalue weighted by atomic mass is 16.6. The van der Waals surface area contributed by atoms with Crippen LogP contribution in [0.3, 0.4) is 0 Å². The molecule has 9 heteroatoms. The van der Waals surface area contributed by atoms with Gasteiger partial charge in [0.05, 0.1) is 11.0 Å². The molecule has 2 atom stereocenters. The third-order valence-electron chi connectivity index (χ3n) is 4.14. The van der Waals surface area contributed by atoms with Crippen molar-refractivity contribution in [1.82, 2.24) is 9.97 Å². The zero-order valence-corrected chi connectivity index (χ0v) is 12.5. The van der Waals surface area contributed by atoms with E-state index in [-0.39, 0.29) is 40.7 Å². The Bertz CT molecular complexity index is 562. The molecule has 1 fully saturated rings. The minimum atomic E-state index is -0.489. The summed E-state index contributed by atoms with van der Waals surface area (Å²) < 4.78 is 5.38. The van der Waals surface area contributed by atoms with Crippen LogP contribution in [0.25, 0.3) is 0 Å². The van der Waals surface area contributed by atoms with Crippen molar-refractivity contribution in [2.75, 3.05) is 17.9 Å². The van der Waals surface area contributed by atoms with Gasteiger partial charge >= 0.3 is 5.69 Å². The zero-order valence-electron chi connectivity index (χ0n) is 12.5. The van der Waals surface area contributed by atoms with Crippen molar-refractivity contribution < 1.29 is 9.66 Å².